The van der Waals surface area contributed by atoms with Crippen molar-refractivity contribution in [3.8, 4) is 0 Å². The number of hydrogen-bond donors (Lipinski definition) is 1. The molecule has 1 heterocycles. The summed E-state index contributed by atoms with van der Waals surface area (Å²) in [6.45, 7) is 2.79. The molecule has 0 bridgehead atoms. The smallest absolute Gasteiger partial charge is 0.0593 e. The normalized spacial score (nSPS) is 10.6. The van der Waals surface area contributed by atoms with Crippen molar-refractivity contribution < 1.29 is 0 Å². The standard InChI is InChI=1S/C12H13BrClN3/c1-8-9(7-16-17(8)2)6-15-11-5-3-4-10(14)12(11)13/h3-5,7,15H,6H2,1-2H3. The molecule has 0 saturated heterocycles. The van der Waals surface area contributed by atoms with Crippen LogP contribution in [0.15, 0.2) is 28.9 Å². The first-order chi connectivity index (χ1) is 8.09. The predicted octanol–water partition coefficient (Wildman–Crippen LogP) is 3.76. The lowest BCUT2D eigenvalue weighted by molar-refractivity contribution is 0.738. The molecule has 1 aromatic carbocycles. The van der Waals surface area contributed by atoms with E-state index in [2.05, 4.69) is 33.3 Å². The van der Waals surface area contributed by atoms with Crippen molar-refractivity contribution in [2.24, 2.45) is 7.05 Å². The van der Waals surface area contributed by atoms with E-state index in [1.807, 2.05) is 36.1 Å². The van der Waals surface area contributed by atoms with Crippen LogP contribution >= 0.6 is 27.5 Å². The summed E-state index contributed by atoms with van der Waals surface area (Å²) >= 11 is 9.49. The molecule has 5 heteroatoms. The Morgan fingerprint density at radius 2 is 2.24 bits per heavy atom. The van der Waals surface area contributed by atoms with Crippen molar-refractivity contribution in [2.45, 2.75) is 13.5 Å². The number of aromatic nitrogens is 2. The summed E-state index contributed by atoms with van der Waals surface area (Å²) in [6.07, 6.45) is 1.88. The van der Waals surface area contributed by atoms with Gasteiger partial charge in [-0.2, -0.15) is 5.10 Å². The van der Waals surface area contributed by atoms with Gasteiger partial charge in [0.2, 0.25) is 0 Å². The van der Waals surface area contributed by atoms with Gasteiger partial charge in [0.15, 0.2) is 0 Å². The molecule has 0 aliphatic heterocycles. The second-order valence-corrected chi connectivity index (χ2v) is 5.03. The third-order valence-corrected chi connectivity index (χ3v) is 4.16. The Hall–Kier alpha value is -1.00. The zero-order valence-corrected chi connectivity index (χ0v) is 12.0. The lowest BCUT2D eigenvalue weighted by atomic mass is 10.2. The van der Waals surface area contributed by atoms with E-state index in [9.17, 15) is 0 Å². The van der Waals surface area contributed by atoms with E-state index in [0.717, 1.165) is 22.4 Å². The number of nitrogens with one attached hydrogen (secondary N) is 1. The van der Waals surface area contributed by atoms with Gasteiger partial charge >= 0.3 is 0 Å². The molecule has 0 aliphatic rings. The molecule has 1 aromatic heterocycles. The summed E-state index contributed by atoms with van der Waals surface area (Å²) < 4.78 is 2.76. The van der Waals surface area contributed by atoms with Crippen LogP contribution in [0.3, 0.4) is 0 Å². The fourth-order valence-electron chi connectivity index (χ4n) is 1.55. The fraction of sp³-hybridized carbons (Fsp3) is 0.250. The van der Waals surface area contributed by atoms with Gasteiger partial charge in [-0.25, -0.2) is 0 Å². The molecule has 0 atom stereocenters. The maximum Gasteiger partial charge on any atom is 0.0593 e. The third kappa shape index (κ3) is 2.64. The van der Waals surface area contributed by atoms with Gasteiger partial charge in [0.05, 0.1) is 21.4 Å². The van der Waals surface area contributed by atoms with Gasteiger partial charge in [-0.3, -0.25) is 4.68 Å². The summed E-state index contributed by atoms with van der Waals surface area (Å²) in [5.74, 6) is 0. The number of benzene rings is 1. The molecule has 3 nitrogen and oxygen atoms in total. The number of hydrogen-bond acceptors (Lipinski definition) is 2. The van der Waals surface area contributed by atoms with E-state index in [-0.39, 0.29) is 0 Å². The first-order valence-electron chi connectivity index (χ1n) is 5.25. The topological polar surface area (TPSA) is 29.9 Å². The second-order valence-electron chi connectivity index (χ2n) is 3.83. The second kappa shape index (κ2) is 5.10. The van der Waals surface area contributed by atoms with Crippen molar-refractivity contribution in [3.63, 3.8) is 0 Å². The number of anilines is 1. The molecular weight excluding hydrogens is 302 g/mol. The average Bonchev–Trinajstić information content (AvgIpc) is 2.62. The molecule has 0 aliphatic carbocycles. The molecule has 2 rings (SSSR count). The van der Waals surface area contributed by atoms with Crippen molar-refractivity contribution in [3.05, 3.63) is 45.1 Å². The minimum Gasteiger partial charge on any atom is -0.380 e. The van der Waals surface area contributed by atoms with Gasteiger partial charge in [0, 0.05) is 24.8 Å². The molecule has 0 unspecified atom stereocenters. The molecule has 0 saturated carbocycles. The molecular formula is C12H13BrClN3. The zero-order chi connectivity index (χ0) is 12.4. The quantitative estimate of drug-likeness (QED) is 0.935. The van der Waals surface area contributed by atoms with Gasteiger partial charge in [0.25, 0.3) is 0 Å². The van der Waals surface area contributed by atoms with Gasteiger partial charge < -0.3 is 5.32 Å². The molecule has 2 aromatic rings. The van der Waals surface area contributed by atoms with Gasteiger partial charge in [-0.05, 0) is 35.0 Å². The SMILES string of the molecule is Cc1c(CNc2cccc(Cl)c2Br)cnn1C. The van der Waals surface area contributed by atoms with Crippen LogP contribution in [-0.2, 0) is 13.6 Å². The van der Waals surface area contributed by atoms with Crippen LogP contribution in [0.25, 0.3) is 0 Å². The predicted molar refractivity (Wildman–Crippen MR) is 74.4 cm³/mol. The Morgan fingerprint density at radius 1 is 1.47 bits per heavy atom. The van der Waals surface area contributed by atoms with Gasteiger partial charge in [-0.15, -0.1) is 0 Å². The third-order valence-electron chi connectivity index (χ3n) is 2.76. The number of nitrogens with zero attached hydrogens (tertiary/aromatic N) is 2. The maximum atomic E-state index is 6.03. The number of rotatable bonds is 3. The van der Waals surface area contributed by atoms with Crippen molar-refractivity contribution in [1.82, 2.24) is 9.78 Å². The van der Waals surface area contributed by atoms with Gasteiger partial charge in [-0.1, -0.05) is 17.7 Å². The Labute approximate surface area is 114 Å². The highest BCUT2D eigenvalue weighted by Crippen LogP contribution is 2.30. The van der Waals surface area contributed by atoms with Crippen molar-refractivity contribution in [1.29, 1.82) is 0 Å². The van der Waals surface area contributed by atoms with Crippen LogP contribution in [0.2, 0.25) is 5.02 Å². The van der Waals surface area contributed by atoms with Crippen molar-refractivity contribution in [2.75, 3.05) is 5.32 Å². The zero-order valence-electron chi connectivity index (χ0n) is 9.67. The average molecular weight is 315 g/mol. The highest BCUT2D eigenvalue weighted by Gasteiger charge is 2.06. The van der Waals surface area contributed by atoms with Crippen molar-refractivity contribution >= 4 is 33.2 Å². The highest BCUT2D eigenvalue weighted by atomic mass is 79.9. The van der Waals surface area contributed by atoms with Gasteiger partial charge in [0.1, 0.15) is 0 Å². The minimum absolute atomic E-state index is 0.706. The van der Waals surface area contributed by atoms with E-state index in [0.29, 0.717) is 5.02 Å². The largest absolute Gasteiger partial charge is 0.380 e. The Kier molecular flexibility index (Phi) is 3.74. The maximum absolute atomic E-state index is 6.03. The summed E-state index contributed by atoms with van der Waals surface area (Å²) in [5, 5.41) is 8.25. The van der Waals surface area contributed by atoms with Crippen LogP contribution in [-0.4, -0.2) is 9.78 Å². The van der Waals surface area contributed by atoms with E-state index < -0.39 is 0 Å². The van der Waals surface area contributed by atoms with Crippen LogP contribution < -0.4 is 5.32 Å². The Balaban J connectivity index is 2.13. The number of halogens is 2. The van der Waals surface area contributed by atoms with E-state index in [1.165, 1.54) is 5.56 Å². The summed E-state index contributed by atoms with van der Waals surface area (Å²) in [4.78, 5) is 0. The Bertz CT molecular complexity index is 537. The lowest BCUT2D eigenvalue weighted by Gasteiger charge is -2.09. The van der Waals surface area contributed by atoms with E-state index in [1.54, 1.807) is 0 Å². The monoisotopic (exact) mass is 313 g/mol. The summed E-state index contributed by atoms with van der Waals surface area (Å²) in [6, 6.07) is 5.76. The van der Waals surface area contributed by atoms with Crippen LogP contribution in [0.4, 0.5) is 5.69 Å². The number of aryl methyl sites for hydroxylation is 1. The van der Waals surface area contributed by atoms with E-state index >= 15 is 0 Å². The molecule has 0 amide bonds. The molecule has 0 fully saturated rings. The minimum atomic E-state index is 0.706. The molecule has 17 heavy (non-hydrogen) atoms. The summed E-state index contributed by atoms with van der Waals surface area (Å²) in [5.41, 5.74) is 3.33. The van der Waals surface area contributed by atoms with Crippen LogP contribution in [0.5, 0.6) is 0 Å². The molecule has 1 N–H and O–H groups in total. The molecule has 0 spiro atoms. The highest BCUT2D eigenvalue weighted by molar-refractivity contribution is 9.10. The molecule has 0 radical (unpaired) electrons. The Morgan fingerprint density at radius 3 is 2.88 bits per heavy atom. The summed E-state index contributed by atoms with van der Waals surface area (Å²) in [7, 11) is 1.94. The van der Waals surface area contributed by atoms with E-state index in [4.69, 9.17) is 11.6 Å². The first-order valence-corrected chi connectivity index (χ1v) is 6.42. The lowest BCUT2D eigenvalue weighted by Crippen LogP contribution is -2.02. The van der Waals surface area contributed by atoms with Crippen LogP contribution in [0, 0.1) is 6.92 Å². The molecule has 90 valence electrons. The first kappa shape index (κ1) is 12.5. The van der Waals surface area contributed by atoms with Crippen LogP contribution in [0.1, 0.15) is 11.3 Å². The fourth-order valence-corrected chi connectivity index (χ4v) is 2.13.